The van der Waals surface area contributed by atoms with E-state index >= 15 is 0 Å². The second kappa shape index (κ2) is 9.36. The molecule has 0 amide bonds. The van der Waals surface area contributed by atoms with Crippen molar-refractivity contribution in [3.05, 3.63) is 71.3 Å². The molecule has 0 spiro atoms. The molecule has 23 heavy (non-hydrogen) atoms. The van der Waals surface area contributed by atoms with E-state index in [1.165, 1.54) is 5.56 Å². The van der Waals surface area contributed by atoms with Crippen LogP contribution in [-0.4, -0.2) is 22.8 Å². The molecule has 3 nitrogen and oxygen atoms in total. The average molecular weight is 334 g/mol. The molecule has 2 rings (SSSR count). The number of aryl methyl sites for hydroxylation is 1. The minimum Gasteiger partial charge on any atom is -1.00 e. The summed E-state index contributed by atoms with van der Waals surface area (Å²) >= 11 is 0. The van der Waals surface area contributed by atoms with Crippen LogP contribution in [0.15, 0.2) is 54.6 Å². The molecule has 4 N–H and O–H groups in total. The number of phenolic OH excluding ortho intramolecular Hbond substituents is 1. The third-order valence-corrected chi connectivity index (χ3v) is 3.81. The molecule has 4 heteroatoms. The standard InChI is InChI=1S/C19H23NO2.ClH/c1-14-13-17(10-11-18(14)21)19(22)15(2)20-12-6-9-16-7-4-3-5-8-16;/h3-11,13,15,19-22H,12H2,1-2H3;1H/b9-6+;. The van der Waals surface area contributed by atoms with Gasteiger partial charge in [0, 0.05) is 0 Å². The van der Waals surface area contributed by atoms with Crippen LogP contribution in [0.1, 0.15) is 29.7 Å². The van der Waals surface area contributed by atoms with Gasteiger partial charge in [-0.05, 0) is 48.7 Å². The number of quaternary nitrogens is 1. The maximum absolute atomic E-state index is 10.4. The SMILES string of the molecule is Cc1cc(C(O)C(C)[NH2+]C/C=C/c2ccccc2)ccc1O.[Cl-]. The first-order valence-electron chi connectivity index (χ1n) is 7.60. The molecular weight excluding hydrogens is 310 g/mol. The first-order chi connectivity index (χ1) is 10.6. The van der Waals surface area contributed by atoms with E-state index in [0.29, 0.717) is 0 Å². The molecule has 2 atom stereocenters. The van der Waals surface area contributed by atoms with Gasteiger partial charge in [-0.1, -0.05) is 42.5 Å². The molecule has 0 saturated heterocycles. The van der Waals surface area contributed by atoms with Gasteiger partial charge < -0.3 is 27.9 Å². The third kappa shape index (κ3) is 5.71. The lowest BCUT2D eigenvalue weighted by atomic mass is 10.0. The van der Waals surface area contributed by atoms with Crippen LogP contribution in [0.25, 0.3) is 6.08 Å². The van der Waals surface area contributed by atoms with Crippen molar-refractivity contribution in [3.63, 3.8) is 0 Å². The number of halogens is 1. The average Bonchev–Trinajstić information content (AvgIpc) is 2.54. The van der Waals surface area contributed by atoms with Gasteiger partial charge in [0.1, 0.15) is 17.9 Å². The van der Waals surface area contributed by atoms with Crippen LogP contribution in [0.3, 0.4) is 0 Å². The fraction of sp³-hybridized carbons (Fsp3) is 0.263. The Morgan fingerprint density at radius 2 is 1.83 bits per heavy atom. The summed E-state index contributed by atoms with van der Waals surface area (Å²) in [4.78, 5) is 0. The zero-order valence-electron chi connectivity index (χ0n) is 13.5. The number of aliphatic hydroxyl groups excluding tert-OH is 1. The van der Waals surface area contributed by atoms with Crippen LogP contribution < -0.4 is 17.7 Å². The van der Waals surface area contributed by atoms with E-state index < -0.39 is 6.10 Å². The zero-order chi connectivity index (χ0) is 15.9. The number of nitrogens with two attached hydrogens (primary N) is 1. The Kier molecular flexibility index (Phi) is 7.83. The lowest BCUT2D eigenvalue weighted by Gasteiger charge is -2.17. The van der Waals surface area contributed by atoms with Crippen molar-refractivity contribution in [1.29, 1.82) is 0 Å². The summed E-state index contributed by atoms with van der Waals surface area (Å²) in [6, 6.07) is 15.5. The molecule has 0 aliphatic carbocycles. The van der Waals surface area contributed by atoms with Crippen molar-refractivity contribution in [2.75, 3.05) is 6.54 Å². The Hall–Kier alpha value is -1.81. The van der Waals surface area contributed by atoms with E-state index in [9.17, 15) is 10.2 Å². The van der Waals surface area contributed by atoms with Gasteiger partial charge in [-0.3, -0.25) is 0 Å². The Labute approximate surface area is 144 Å². The van der Waals surface area contributed by atoms with Gasteiger partial charge in [-0.15, -0.1) is 0 Å². The van der Waals surface area contributed by atoms with Crippen LogP contribution >= 0.6 is 0 Å². The number of phenols is 1. The summed E-state index contributed by atoms with van der Waals surface area (Å²) in [7, 11) is 0. The second-order valence-electron chi connectivity index (χ2n) is 5.63. The number of hydrogen-bond donors (Lipinski definition) is 3. The van der Waals surface area contributed by atoms with Crippen LogP contribution in [0, 0.1) is 6.92 Å². The Balaban J connectivity index is 0.00000264. The predicted octanol–water partition coefficient (Wildman–Crippen LogP) is -0.597. The van der Waals surface area contributed by atoms with Crippen molar-refractivity contribution < 1.29 is 27.9 Å². The van der Waals surface area contributed by atoms with Gasteiger partial charge in [0.25, 0.3) is 0 Å². The van der Waals surface area contributed by atoms with Gasteiger partial charge in [-0.2, -0.15) is 0 Å². The molecule has 0 radical (unpaired) electrons. The van der Waals surface area contributed by atoms with Crippen molar-refractivity contribution >= 4 is 6.08 Å². The maximum atomic E-state index is 10.4. The second-order valence-corrected chi connectivity index (χ2v) is 5.63. The predicted molar refractivity (Wildman–Crippen MR) is 89.5 cm³/mol. The van der Waals surface area contributed by atoms with Gasteiger partial charge in [0.05, 0.1) is 6.54 Å². The minimum absolute atomic E-state index is 0. The molecule has 0 aliphatic rings. The number of hydrogen-bond acceptors (Lipinski definition) is 2. The van der Waals surface area contributed by atoms with Crippen molar-refractivity contribution in [2.24, 2.45) is 0 Å². The van der Waals surface area contributed by atoms with E-state index in [-0.39, 0.29) is 24.2 Å². The molecule has 0 bridgehead atoms. The van der Waals surface area contributed by atoms with E-state index in [2.05, 4.69) is 29.6 Å². The maximum Gasteiger partial charge on any atom is 0.130 e. The van der Waals surface area contributed by atoms with E-state index in [4.69, 9.17) is 0 Å². The highest BCUT2D eigenvalue weighted by Crippen LogP contribution is 2.22. The summed E-state index contributed by atoms with van der Waals surface area (Å²) in [5, 5.41) is 22.0. The minimum atomic E-state index is -0.551. The van der Waals surface area contributed by atoms with Crippen molar-refractivity contribution in [3.8, 4) is 5.75 Å². The molecular formula is C19H24ClNO2. The normalized spacial score (nSPS) is 13.5. The molecule has 0 aromatic heterocycles. The summed E-state index contributed by atoms with van der Waals surface area (Å²) in [5.74, 6) is 0.262. The van der Waals surface area contributed by atoms with Crippen molar-refractivity contribution in [2.45, 2.75) is 26.0 Å². The van der Waals surface area contributed by atoms with Crippen LogP contribution in [0.2, 0.25) is 0 Å². The fourth-order valence-electron chi connectivity index (χ4n) is 2.36. The smallest absolute Gasteiger partial charge is 0.130 e. The Bertz CT molecular complexity index is 629. The van der Waals surface area contributed by atoms with Crippen LogP contribution in [0.4, 0.5) is 0 Å². The van der Waals surface area contributed by atoms with Gasteiger partial charge in [-0.25, -0.2) is 0 Å². The van der Waals surface area contributed by atoms with Gasteiger partial charge in [0.2, 0.25) is 0 Å². The molecule has 0 heterocycles. The fourth-order valence-corrected chi connectivity index (χ4v) is 2.36. The highest BCUT2D eigenvalue weighted by atomic mass is 35.5. The number of benzene rings is 2. The first-order valence-corrected chi connectivity index (χ1v) is 7.60. The molecule has 0 saturated carbocycles. The van der Waals surface area contributed by atoms with Crippen LogP contribution in [-0.2, 0) is 0 Å². The lowest BCUT2D eigenvalue weighted by Crippen LogP contribution is -3.00. The molecule has 0 aliphatic heterocycles. The summed E-state index contributed by atoms with van der Waals surface area (Å²) < 4.78 is 0. The molecule has 0 fully saturated rings. The topological polar surface area (TPSA) is 57.1 Å². The number of aliphatic hydroxyl groups is 1. The molecule has 2 unspecified atom stereocenters. The Morgan fingerprint density at radius 3 is 2.48 bits per heavy atom. The zero-order valence-corrected chi connectivity index (χ0v) is 14.2. The molecule has 124 valence electrons. The summed E-state index contributed by atoms with van der Waals surface area (Å²) in [6.07, 6.45) is 3.63. The molecule has 2 aromatic rings. The largest absolute Gasteiger partial charge is 1.00 e. The third-order valence-electron chi connectivity index (χ3n) is 3.81. The van der Waals surface area contributed by atoms with Gasteiger partial charge >= 0.3 is 0 Å². The number of rotatable bonds is 6. The Morgan fingerprint density at radius 1 is 1.13 bits per heavy atom. The lowest BCUT2D eigenvalue weighted by molar-refractivity contribution is -0.686. The number of aromatic hydroxyl groups is 1. The van der Waals surface area contributed by atoms with Crippen LogP contribution in [0.5, 0.6) is 5.75 Å². The van der Waals surface area contributed by atoms with E-state index in [0.717, 1.165) is 17.7 Å². The van der Waals surface area contributed by atoms with Gasteiger partial charge in [0.15, 0.2) is 0 Å². The summed E-state index contributed by atoms with van der Waals surface area (Å²) in [6.45, 7) is 4.65. The van der Waals surface area contributed by atoms with E-state index in [1.807, 2.05) is 38.1 Å². The highest BCUT2D eigenvalue weighted by molar-refractivity contribution is 5.48. The highest BCUT2D eigenvalue weighted by Gasteiger charge is 2.19. The molecule has 2 aromatic carbocycles. The van der Waals surface area contributed by atoms with Crippen molar-refractivity contribution in [1.82, 2.24) is 0 Å². The van der Waals surface area contributed by atoms with E-state index in [1.54, 1.807) is 12.1 Å². The quantitative estimate of drug-likeness (QED) is 0.661. The summed E-state index contributed by atoms with van der Waals surface area (Å²) in [5.41, 5.74) is 2.80. The monoisotopic (exact) mass is 333 g/mol. The first kappa shape index (κ1) is 19.2.